The van der Waals surface area contributed by atoms with Gasteiger partial charge in [0.2, 0.25) is 15.9 Å². The van der Waals surface area contributed by atoms with Crippen molar-refractivity contribution in [2.45, 2.75) is 37.6 Å². The summed E-state index contributed by atoms with van der Waals surface area (Å²) in [6.07, 6.45) is 1.38. The molecule has 1 aromatic heterocycles. The minimum absolute atomic E-state index is 0.177. The van der Waals surface area contributed by atoms with Crippen LogP contribution in [0.25, 0.3) is 0 Å². The molecule has 118 valence electrons. The Morgan fingerprint density at radius 1 is 1.43 bits per heavy atom. The average Bonchev–Trinajstić information content (AvgIpc) is 2.76. The fraction of sp³-hybridized carbons (Fsp3) is 0.615. The predicted molar refractivity (Wildman–Crippen MR) is 82.8 cm³/mol. The number of aryl methyl sites for hydroxylation is 2. The molecule has 0 unspecified atom stereocenters. The first-order valence-electron chi connectivity index (χ1n) is 6.90. The van der Waals surface area contributed by atoms with Crippen molar-refractivity contribution in [3.63, 3.8) is 0 Å². The summed E-state index contributed by atoms with van der Waals surface area (Å²) in [6, 6.07) is 1.49. The highest BCUT2D eigenvalue weighted by Crippen LogP contribution is 2.29. The highest BCUT2D eigenvalue weighted by Gasteiger charge is 2.34. The zero-order valence-electron chi connectivity index (χ0n) is 12.3. The predicted octanol–water partition coefficient (Wildman–Crippen LogP) is 0.593. The van der Waals surface area contributed by atoms with Crippen LogP contribution in [0.5, 0.6) is 0 Å². The van der Waals surface area contributed by atoms with Crippen LogP contribution in [0.15, 0.2) is 11.0 Å². The molecule has 0 saturated carbocycles. The second-order valence-corrected chi connectivity index (χ2v) is 8.59. The molecule has 6 nitrogen and oxygen atoms in total. The summed E-state index contributed by atoms with van der Waals surface area (Å²) < 4.78 is 27.1. The van der Waals surface area contributed by atoms with Crippen molar-refractivity contribution in [2.75, 3.05) is 19.6 Å². The third-order valence-corrected chi connectivity index (χ3v) is 6.73. The molecule has 2 rings (SSSR count). The van der Waals surface area contributed by atoms with Crippen molar-refractivity contribution < 1.29 is 13.2 Å². The largest absolute Gasteiger partial charge is 0.369 e. The van der Waals surface area contributed by atoms with Crippen LogP contribution >= 0.6 is 11.3 Å². The fourth-order valence-corrected chi connectivity index (χ4v) is 5.83. The van der Waals surface area contributed by atoms with E-state index in [-0.39, 0.29) is 12.6 Å². The molecule has 0 spiro atoms. The lowest BCUT2D eigenvalue weighted by molar-refractivity contribution is -0.118. The number of nitrogens with one attached hydrogen (secondary N) is 1. The Kier molecular flexibility index (Phi) is 5.03. The van der Waals surface area contributed by atoms with Gasteiger partial charge in [-0.1, -0.05) is 0 Å². The highest BCUT2D eigenvalue weighted by molar-refractivity contribution is 7.89. The van der Waals surface area contributed by atoms with Crippen LogP contribution in [0, 0.1) is 13.8 Å². The summed E-state index contributed by atoms with van der Waals surface area (Å²) in [5, 5.41) is 3.19. The Morgan fingerprint density at radius 2 is 2.05 bits per heavy atom. The van der Waals surface area contributed by atoms with Crippen molar-refractivity contribution in [1.29, 1.82) is 0 Å². The van der Waals surface area contributed by atoms with Gasteiger partial charge in [0, 0.05) is 15.8 Å². The summed E-state index contributed by atoms with van der Waals surface area (Å²) in [7, 11) is -3.69. The van der Waals surface area contributed by atoms with Gasteiger partial charge in [-0.05, 0) is 45.8 Å². The number of hydrogen-bond donors (Lipinski definition) is 2. The lowest BCUT2D eigenvalue weighted by Crippen LogP contribution is -2.49. The monoisotopic (exact) mass is 331 g/mol. The highest BCUT2D eigenvalue weighted by atomic mass is 32.2. The maximum atomic E-state index is 12.9. The number of carbonyl (C=O) groups is 1. The molecule has 3 N–H and O–H groups in total. The lowest BCUT2D eigenvalue weighted by atomic mass is 10.1. The van der Waals surface area contributed by atoms with Crippen LogP contribution in [-0.2, 0) is 14.8 Å². The molecule has 2 heterocycles. The number of amides is 1. The molecule has 21 heavy (non-hydrogen) atoms. The number of primary amides is 1. The zero-order chi connectivity index (χ0) is 15.6. The molecule has 0 atom stereocenters. The van der Waals surface area contributed by atoms with E-state index >= 15 is 0 Å². The quantitative estimate of drug-likeness (QED) is 0.826. The molecule has 1 aromatic rings. The van der Waals surface area contributed by atoms with E-state index in [9.17, 15) is 13.2 Å². The van der Waals surface area contributed by atoms with Gasteiger partial charge in [-0.2, -0.15) is 4.31 Å². The van der Waals surface area contributed by atoms with E-state index in [0.29, 0.717) is 17.7 Å². The molecule has 0 aromatic carbocycles. The number of rotatable bonds is 5. The summed E-state index contributed by atoms with van der Waals surface area (Å²) in [5.74, 6) is -0.623. The number of hydrogen-bond acceptors (Lipinski definition) is 5. The maximum absolute atomic E-state index is 12.9. The van der Waals surface area contributed by atoms with E-state index in [1.54, 1.807) is 13.0 Å². The minimum atomic E-state index is -3.69. The normalized spacial score (nSPS) is 17.3. The number of piperidine rings is 1. The number of sulfonamides is 1. The molecule has 1 aliphatic heterocycles. The maximum Gasteiger partial charge on any atom is 0.244 e. The van der Waals surface area contributed by atoms with Gasteiger partial charge < -0.3 is 11.1 Å². The topological polar surface area (TPSA) is 92.5 Å². The Hall–Kier alpha value is -0.960. The van der Waals surface area contributed by atoms with Crippen LogP contribution in [-0.4, -0.2) is 44.3 Å². The zero-order valence-corrected chi connectivity index (χ0v) is 13.9. The summed E-state index contributed by atoms with van der Waals surface area (Å²) in [4.78, 5) is 13.3. The van der Waals surface area contributed by atoms with Crippen LogP contribution in [0.1, 0.15) is 22.6 Å². The third-order valence-electron chi connectivity index (χ3n) is 3.61. The van der Waals surface area contributed by atoms with Gasteiger partial charge in [-0.3, -0.25) is 4.79 Å². The number of thiophene rings is 1. The van der Waals surface area contributed by atoms with E-state index < -0.39 is 15.9 Å². The second kappa shape index (κ2) is 6.43. The molecule has 0 radical (unpaired) electrons. The Balaban J connectivity index is 2.38. The minimum Gasteiger partial charge on any atom is -0.369 e. The van der Waals surface area contributed by atoms with Crippen LogP contribution in [0.4, 0.5) is 0 Å². The Labute approximate surface area is 129 Å². The van der Waals surface area contributed by atoms with E-state index in [0.717, 1.165) is 22.8 Å². The van der Waals surface area contributed by atoms with Gasteiger partial charge in [0.25, 0.3) is 0 Å². The molecular weight excluding hydrogens is 310 g/mol. The van der Waals surface area contributed by atoms with Crippen LogP contribution in [0.2, 0.25) is 0 Å². The van der Waals surface area contributed by atoms with Gasteiger partial charge in [0.1, 0.15) is 0 Å². The molecule has 0 bridgehead atoms. The number of carbonyl (C=O) groups excluding carboxylic acids is 1. The third kappa shape index (κ3) is 3.63. The van der Waals surface area contributed by atoms with Crippen molar-refractivity contribution >= 4 is 27.3 Å². The average molecular weight is 331 g/mol. The molecule has 1 saturated heterocycles. The Morgan fingerprint density at radius 3 is 2.52 bits per heavy atom. The molecule has 8 heteroatoms. The van der Waals surface area contributed by atoms with Gasteiger partial charge in [0.05, 0.1) is 11.4 Å². The smallest absolute Gasteiger partial charge is 0.244 e. The van der Waals surface area contributed by atoms with Crippen molar-refractivity contribution in [2.24, 2.45) is 5.73 Å². The van der Waals surface area contributed by atoms with Gasteiger partial charge >= 0.3 is 0 Å². The van der Waals surface area contributed by atoms with E-state index in [2.05, 4.69) is 5.32 Å². The number of nitrogens with two attached hydrogens (primary N) is 1. The summed E-state index contributed by atoms with van der Waals surface area (Å²) >= 11 is 1.44. The van der Waals surface area contributed by atoms with Crippen molar-refractivity contribution in [3.05, 3.63) is 15.8 Å². The summed E-state index contributed by atoms with van der Waals surface area (Å²) in [5.41, 5.74) is 5.26. The summed E-state index contributed by atoms with van der Waals surface area (Å²) in [6.45, 7) is 4.89. The Bertz CT molecular complexity index is 619. The lowest BCUT2D eigenvalue weighted by Gasteiger charge is -2.32. The fourth-order valence-electron chi connectivity index (χ4n) is 2.65. The number of nitrogens with zero attached hydrogens (tertiary/aromatic N) is 1. The second-order valence-electron chi connectivity index (χ2n) is 5.28. The SMILES string of the molecule is Cc1cc(S(=O)(=O)N(CC(N)=O)C2CCNCC2)c(C)s1. The van der Waals surface area contributed by atoms with Crippen LogP contribution < -0.4 is 11.1 Å². The van der Waals surface area contributed by atoms with Crippen molar-refractivity contribution in [3.8, 4) is 0 Å². The first kappa shape index (κ1) is 16.4. The molecule has 1 aliphatic rings. The van der Waals surface area contributed by atoms with E-state index in [1.807, 2.05) is 6.92 Å². The van der Waals surface area contributed by atoms with E-state index in [4.69, 9.17) is 5.73 Å². The molecule has 1 fully saturated rings. The van der Waals surface area contributed by atoms with Gasteiger partial charge in [-0.25, -0.2) is 8.42 Å². The van der Waals surface area contributed by atoms with Gasteiger partial charge in [-0.15, -0.1) is 11.3 Å². The van der Waals surface area contributed by atoms with Gasteiger partial charge in [0.15, 0.2) is 0 Å². The molecule has 1 amide bonds. The van der Waals surface area contributed by atoms with Crippen LogP contribution in [0.3, 0.4) is 0 Å². The van der Waals surface area contributed by atoms with E-state index in [1.165, 1.54) is 15.6 Å². The first-order chi connectivity index (χ1) is 9.82. The standard InChI is InChI=1S/C13H21N3O3S2/c1-9-7-12(10(2)20-9)21(18,19)16(8-13(14)17)11-3-5-15-6-4-11/h7,11,15H,3-6,8H2,1-2H3,(H2,14,17). The molecule has 0 aliphatic carbocycles. The van der Waals surface area contributed by atoms with Crippen molar-refractivity contribution in [1.82, 2.24) is 9.62 Å². The molecular formula is C13H21N3O3S2. The first-order valence-corrected chi connectivity index (χ1v) is 9.16.